The molecule has 1 aromatic carbocycles. The summed E-state index contributed by atoms with van der Waals surface area (Å²) in [5.74, 6) is -0.672. The Morgan fingerprint density at radius 2 is 2.20 bits per heavy atom. The number of carboxylic acids is 1. The summed E-state index contributed by atoms with van der Waals surface area (Å²) in [6.45, 7) is 1.15. The predicted molar refractivity (Wildman–Crippen MR) is 91.0 cm³/mol. The number of halogens is 1. The molecule has 25 heavy (non-hydrogen) atoms. The first-order chi connectivity index (χ1) is 12.1. The van der Waals surface area contributed by atoms with Crippen LogP contribution in [0.5, 0.6) is 0 Å². The van der Waals surface area contributed by atoms with Gasteiger partial charge in [0.05, 0.1) is 16.8 Å². The number of hydrogen-bond donors (Lipinski definition) is 2. The molecule has 6 nitrogen and oxygen atoms in total. The van der Waals surface area contributed by atoms with Gasteiger partial charge in [-0.2, -0.15) is 0 Å². The third kappa shape index (κ3) is 1.98. The lowest BCUT2D eigenvalue weighted by molar-refractivity contribution is -0.146. The fourth-order valence-corrected chi connectivity index (χ4v) is 4.53. The number of H-pyrrole nitrogens is 1. The number of fused-ring (bicyclic) bond motifs is 3. The predicted octanol–water partition coefficient (Wildman–Crippen LogP) is 2.94. The van der Waals surface area contributed by atoms with Crippen molar-refractivity contribution >= 4 is 33.7 Å². The highest BCUT2D eigenvalue weighted by atomic mass is 19.1. The van der Waals surface area contributed by atoms with Crippen molar-refractivity contribution in [2.24, 2.45) is 11.3 Å². The largest absolute Gasteiger partial charge is 0.481 e. The molecule has 0 radical (unpaired) electrons. The van der Waals surface area contributed by atoms with E-state index in [2.05, 4.69) is 19.9 Å². The minimum Gasteiger partial charge on any atom is -0.481 e. The zero-order valence-electron chi connectivity index (χ0n) is 13.5. The Kier molecular flexibility index (Phi) is 2.87. The van der Waals surface area contributed by atoms with Gasteiger partial charge in [0, 0.05) is 23.9 Å². The molecule has 1 spiro atoms. The van der Waals surface area contributed by atoms with E-state index in [-0.39, 0.29) is 17.2 Å². The molecule has 0 bridgehead atoms. The van der Waals surface area contributed by atoms with Crippen LogP contribution in [-0.2, 0) is 4.79 Å². The Balaban J connectivity index is 1.66. The molecule has 1 aliphatic heterocycles. The number of nitrogens with one attached hydrogen (secondary N) is 1. The molecule has 0 amide bonds. The summed E-state index contributed by atoms with van der Waals surface area (Å²) in [4.78, 5) is 25.7. The van der Waals surface area contributed by atoms with Crippen molar-refractivity contribution in [3.63, 3.8) is 0 Å². The van der Waals surface area contributed by atoms with Gasteiger partial charge in [-0.3, -0.25) is 4.79 Å². The Labute approximate surface area is 142 Å². The van der Waals surface area contributed by atoms with Crippen LogP contribution in [0.3, 0.4) is 0 Å². The minimum absolute atomic E-state index is 0.138. The van der Waals surface area contributed by atoms with E-state index in [1.807, 2.05) is 0 Å². The highest BCUT2D eigenvalue weighted by Gasteiger charge is 2.54. The third-order valence-corrected chi connectivity index (χ3v) is 5.93. The number of aromatic nitrogens is 3. The van der Waals surface area contributed by atoms with Gasteiger partial charge in [-0.25, -0.2) is 14.4 Å². The van der Waals surface area contributed by atoms with Crippen LogP contribution in [0.2, 0.25) is 0 Å². The lowest BCUT2D eigenvalue weighted by Crippen LogP contribution is -2.40. The monoisotopic (exact) mass is 340 g/mol. The van der Waals surface area contributed by atoms with Crippen LogP contribution in [0.25, 0.3) is 21.9 Å². The second-order valence-corrected chi connectivity index (χ2v) is 7.22. The average Bonchev–Trinajstić information content (AvgIpc) is 3.12. The van der Waals surface area contributed by atoms with Crippen molar-refractivity contribution in [2.45, 2.75) is 19.3 Å². The summed E-state index contributed by atoms with van der Waals surface area (Å²) < 4.78 is 13.5. The maximum Gasteiger partial charge on any atom is 0.308 e. The number of anilines is 1. The quantitative estimate of drug-likeness (QED) is 0.749. The molecule has 3 heterocycles. The summed E-state index contributed by atoms with van der Waals surface area (Å²) in [6.07, 6.45) is 4.47. The van der Waals surface area contributed by atoms with Crippen molar-refractivity contribution in [3.05, 3.63) is 30.3 Å². The van der Waals surface area contributed by atoms with Crippen molar-refractivity contribution in [1.82, 2.24) is 15.0 Å². The van der Waals surface area contributed by atoms with Crippen LogP contribution in [0, 0.1) is 17.2 Å². The fraction of sp³-hybridized carbons (Fsp3) is 0.389. The molecule has 3 aromatic rings. The number of hydrogen-bond acceptors (Lipinski definition) is 4. The average molecular weight is 340 g/mol. The highest BCUT2D eigenvalue weighted by molar-refractivity contribution is 6.11. The molecule has 1 unspecified atom stereocenters. The lowest BCUT2D eigenvalue weighted by atomic mass is 9.63. The highest BCUT2D eigenvalue weighted by Crippen LogP contribution is 2.53. The number of nitrogens with zero attached hydrogens (tertiary/aromatic N) is 3. The molecule has 2 aliphatic rings. The summed E-state index contributed by atoms with van der Waals surface area (Å²) in [5, 5.41) is 11.3. The zero-order chi connectivity index (χ0) is 17.2. The van der Waals surface area contributed by atoms with Crippen molar-refractivity contribution in [1.29, 1.82) is 0 Å². The van der Waals surface area contributed by atoms with Crippen LogP contribution < -0.4 is 4.90 Å². The molecule has 5 rings (SSSR count). The first-order valence-corrected chi connectivity index (χ1v) is 8.47. The van der Waals surface area contributed by atoms with E-state index in [9.17, 15) is 14.3 Å². The van der Waals surface area contributed by atoms with Gasteiger partial charge in [0.15, 0.2) is 0 Å². The number of aromatic amines is 1. The van der Waals surface area contributed by atoms with Crippen molar-refractivity contribution < 1.29 is 14.3 Å². The molecule has 1 saturated heterocycles. The summed E-state index contributed by atoms with van der Waals surface area (Å²) in [7, 11) is 0. The zero-order valence-corrected chi connectivity index (χ0v) is 13.5. The van der Waals surface area contributed by atoms with E-state index in [1.54, 1.807) is 6.07 Å². The van der Waals surface area contributed by atoms with Gasteiger partial charge in [-0.15, -0.1) is 0 Å². The molecule has 128 valence electrons. The Morgan fingerprint density at radius 3 is 2.88 bits per heavy atom. The van der Waals surface area contributed by atoms with Crippen LogP contribution in [0.1, 0.15) is 19.3 Å². The van der Waals surface area contributed by atoms with Gasteiger partial charge in [-0.05, 0) is 31.0 Å². The Morgan fingerprint density at radius 1 is 1.36 bits per heavy atom. The smallest absolute Gasteiger partial charge is 0.308 e. The summed E-state index contributed by atoms with van der Waals surface area (Å²) >= 11 is 0. The van der Waals surface area contributed by atoms with Gasteiger partial charge >= 0.3 is 5.97 Å². The van der Waals surface area contributed by atoms with Crippen LogP contribution in [0.4, 0.5) is 10.2 Å². The molecule has 2 fully saturated rings. The van der Waals surface area contributed by atoms with E-state index in [0.29, 0.717) is 24.3 Å². The SMILES string of the molecule is O=C(O)C1CN(c2ncnc3[nH]c4cc(F)ccc4c23)CC12CCC2. The third-order valence-electron chi connectivity index (χ3n) is 5.93. The van der Waals surface area contributed by atoms with E-state index in [1.165, 1.54) is 18.5 Å². The summed E-state index contributed by atoms with van der Waals surface area (Å²) in [6, 6.07) is 4.59. The van der Waals surface area contributed by atoms with Crippen LogP contribution in [0.15, 0.2) is 24.5 Å². The van der Waals surface area contributed by atoms with Gasteiger partial charge < -0.3 is 15.0 Å². The molecular formula is C18H17FN4O2. The number of carboxylic acid groups (broad SMARTS) is 1. The second kappa shape index (κ2) is 4.91. The molecule has 2 aromatic heterocycles. The normalized spacial score (nSPS) is 22.0. The van der Waals surface area contributed by atoms with E-state index >= 15 is 0 Å². The van der Waals surface area contributed by atoms with E-state index in [4.69, 9.17) is 0 Å². The Hall–Kier alpha value is -2.70. The van der Waals surface area contributed by atoms with Crippen LogP contribution >= 0.6 is 0 Å². The maximum atomic E-state index is 13.5. The molecule has 7 heteroatoms. The van der Waals surface area contributed by atoms with Gasteiger partial charge in [0.25, 0.3) is 0 Å². The number of aliphatic carboxylic acids is 1. The van der Waals surface area contributed by atoms with Crippen molar-refractivity contribution in [3.8, 4) is 0 Å². The molecule has 1 aliphatic carbocycles. The molecular weight excluding hydrogens is 323 g/mol. The van der Waals surface area contributed by atoms with E-state index < -0.39 is 5.97 Å². The number of benzene rings is 1. The number of carbonyl (C=O) groups is 1. The Bertz CT molecular complexity index is 1010. The maximum absolute atomic E-state index is 13.5. The van der Waals surface area contributed by atoms with Gasteiger partial charge in [0.2, 0.25) is 0 Å². The van der Waals surface area contributed by atoms with Crippen LogP contribution in [-0.4, -0.2) is 39.1 Å². The first kappa shape index (κ1) is 14.6. The van der Waals surface area contributed by atoms with Gasteiger partial charge in [0.1, 0.15) is 23.6 Å². The first-order valence-electron chi connectivity index (χ1n) is 8.47. The molecule has 2 N–H and O–H groups in total. The second-order valence-electron chi connectivity index (χ2n) is 7.22. The number of rotatable bonds is 2. The molecule has 1 atom stereocenters. The molecule has 1 saturated carbocycles. The van der Waals surface area contributed by atoms with E-state index in [0.717, 1.165) is 35.9 Å². The van der Waals surface area contributed by atoms with Crippen molar-refractivity contribution in [2.75, 3.05) is 18.0 Å². The topological polar surface area (TPSA) is 82.1 Å². The minimum atomic E-state index is -0.728. The lowest BCUT2D eigenvalue weighted by Gasteiger charge is -2.41. The standard InChI is InChI=1S/C18H17FN4O2/c19-10-2-3-11-13(6-10)22-15-14(11)16(21-9-20-15)23-7-12(17(24)25)18(8-23)4-1-5-18/h2-3,6,9,12H,1,4-5,7-8H2,(H,24,25)(H,20,21,22). The van der Waals surface area contributed by atoms with Gasteiger partial charge in [-0.1, -0.05) is 6.42 Å². The fourth-order valence-electron chi connectivity index (χ4n) is 4.53. The summed E-state index contributed by atoms with van der Waals surface area (Å²) in [5.41, 5.74) is 1.18.